The van der Waals surface area contributed by atoms with Crippen molar-refractivity contribution in [2.24, 2.45) is 0 Å². The number of rotatable bonds is 11. The summed E-state index contributed by atoms with van der Waals surface area (Å²) in [4.78, 5) is 26.9. The molecule has 0 bridgehead atoms. The van der Waals surface area contributed by atoms with E-state index in [-0.39, 0.29) is 24.8 Å². The van der Waals surface area contributed by atoms with Crippen LogP contribution < -0.4 is 14.8 Å². The van der Waals surface area contributed by atoms with Gasteiger partial charge in [-0.05, 0) is 56.7 Å². The van der Waals surface area contributed by atoms with Gasteiger partial charge in [-0.1, -0.05) is 29.3 Å². The lowest BCUT2D eigenvalue weighted by Crippen LogP contribution is -2.47. The van der Waals surface area contributed by atoms with E-state index in [1.807, 2.05) is 31.2 Å². The van der Waals surface area contributed by atoms with Crippen molar-refractivity contribution >= 4 is 35.0 Å². The van der Waals surface area contributed by atoms with Crippen LogP contribution in [-0.2, 0) is 16.1 Å². The number of hydrogen-bond acceptors (Lipinski definition) is 4. The Morgan fingerprint density at radius 1 is 1.06 bits per heavy atom. The van der Waals surface area contributed by atoms with Gasteiger partial charge in [-0.15, -0.1) is 0 Å². The van der Waals surface area contributed by atoms with E-state index in [0.717, 1.165) is 5.75 Å². The predicted octanol–water partition coefficient (Wildman–Crippen LogP) is 4.71. The first-order valence-corrected chi connectivity index (χ1v) is 10.9. The lowest BCUT2D eigenvalue weighted by Gasteiger charge is -2.29. The Balaban J connectivity index is 2.02. The number of methoxy groups -OCH3 is 1. The van der Waals surface area contributed by atoms with E-state index in [1.54, 1.807) is 32.2 Å². The Kier molecular flexibility index (Phi) is 9.95. The third kappa shape index (κ3) is 7.33. The Morgan fingerprint density at radius 3 is 2.26 bits per heavy atom. The number of nitrogens with one attached hydrogen (secondary N) is 1. The minimum absolute atomic E-state index is 0.148. The summed E-state index contributed by atoms with van der Waals surface area (Å²) >= 11 is 12.6. The smallest absolute Gasteiger partial charge is 0.242 e. The molecule has 0 fully saturated rings. The van der Waals surface area contributed by atoms with E-state index in [9.17, 15) is 9.59 Å². The summed E-state index contributed by atoms with van der Waals surface area (Å²) in [5, 5.41) is 3.67. The van der Waals surface area contributed by atoms with E-state index >= 15 is 0 Å². The van der Waals surface area contributed by atoms with Gasteiger partial charge in [0.25, 0.3) is 0 Å². The Labute approximate surface area is 193 Å². The van der Waals surface area contributed by atoms with Crippen molar-refractivity contribution in [3.63, 3.8) is 0 Å². The number of hydrogen-bond donors (Lipinski definition) is 1. The fourth-order valence-corrected chi connectivity index (χ4v) is 3.50. The summed E-state index contributed by atoms with van der Waals surface area (Å²) in [5.74, 6) is 1.04. The summed E-state index contributed by atoms with van der Waals surface area (Å²) in [6.45, 7) is 4.52. The van der Waals surface area contributed by atoms with Crippen LogP contribution in [0.25, 0.3) is 0 Å². The predicted molar refractivity (Wildman–Crippen MR) is 123 cm³/mol. The van der Waals surface area contributed by atoms with Gasteiger partial charge in [0.1, 0.15) is 17.5 Å². The second-order valence-corrected chi connectivity index (χ2v) is 7.73. The highest BCUT2D eigenvalue weighted by Gasteiger charge is 2.26. The maximum absolute atomic E-state index is 13.0. The number of carbonyl (C=O) groups excluding carboxylic acids is 2. The van der Waals surface area contributed by atoms with E-state index in [0.29, 0.717) is 40.9 Å². The normalized spacial score (nSPS) is 11.5. The maximum atomic E-state index is 13.0. The summed E-state index contributed by atoms with van der Waals surface area (Å²) in [6, 6.07) is 11.7. The quantitative estimate of drug-likeness (QED) is 0.486. The SMILES string of the molecule is CCNC(=O)[C@@H](C)N(Cc1c(Cl)cccc1Cl)C(=O)CCCOc1ccc(OC)cc1. The number of carbonyl (C=O) groups is 2. The van der Waals surface area contributed by atoms with E-state index in [1.165, 1.54) is 4.90 Å². The molecular formula is C23H28Cl2N2O4. The summed E-state index contributed by atoms with van der Waals surface area (Å²) < 4.78 is 10.8. The standard InChI is InChI=1S/C23H28Cl2N2O4/c1-4-26-23(29)16(2)27(15-19-20(24)7-5-8-21(19)25)22(28)9-6-14-31-18-12-10-17(30-3)11-13-18/h5,7-8,10-13,16H,4,6,9,14-15H2,1-3H3,(H,26,29)/t16-/m1/s1. The highest BCUT2D eigenvalue weighted by atomic mass is 35.5. The van der Waals surface area contributed by atoms with E-state index in [2.05, 4.69) is 5.32 Å². The first-order chi connectivity index (χ1) is 14.9. The molecule has 0 aromatic heterocycles. The molecule has 0 spiro atoms. The molecule has 2 aromatic rings. The number of ether oxygens (including phenoxy) is 2. The van der Waals surface area contributed by atoms with E-state index in [4.69, 9.17) is 32.7 Å². The number of benzene rings is 2. The summed E-state index contributed by atoms with van der Waals surface area (Å²) in [7, 11) is 1.60. The molecule has 0 saturated heterocycles. The minimum atomic E-state index is -0.665. The number of halogens is 2. The largest absolute Gasteiger partial charge is 0.497 e. The third-order valence-corrected chi connectivity index (χ3v) is 5.48. The molecular weight excluding hydrogens is 439 g/mol. The van der Waals surface area contributed by atoms with Crippen LogP contribution in [0.3, 0.4) is 0 Å². The van der Waals surface area contributed by atoms with E-state index < -0.39 is 6.04 Å². The van der Waals surface area contributed by atoms with Crippen molar-refractivity contribution < 1.29 is 19.1 Å². The minimum Gasteiger partial charge on any atom is -0.497 e. The Morgan fingerprint density at radius 2 is 1.68 bits per heavy atom. The van der Waals surface area contributed by atoms with Crippen LogP contribution in [0.15, 0.2) is 42.5 Å². The molecule has 31 heavy (non-hydrogen) atoms. The lowest BCUT2D eigenvalue weighted by atomic mass is 10.1. The van der Waals surface area contributed by atoms with Crippen LogP contribution in [0.4, 0.5) is 0 Å². The monoisotopic (exact) mass is 466 g/mol. The molecule has 0 radical (unpaired) electrons. The fraction of sp³-hybridized carbons (Fsp3) is 0.391. The molecule has 168 valence electrons. The highest BCUT2D eigenvalue weighted by Crippen LogP contribution is 2.27. The molecule has 0 aliphatic rings. The van der Waals surface area contributed by atoms with Gasteiger partial charge in [0.05, 0.1) is 13.7 Å². The zero-order valence-corrected chi connectivity index (χ0v) is 19.5. The van der Waals surface area contributed by atoms with Crippen LogP contribution in [0.5, 0.6) is 11.5 Å². The third-order valence-electron chi connectivity index (χ3n) is 4.77. The fourth-order valence-electron chi connectivity index (χ4n) is 2.99. The molecule has 2 amide bonds. The van der Waals surface area contributed by atoms with Crippen molar-refractivity contribution in [1.29, 1.82) is 0 Å². The topological polar surface area (TPSA) is 67.9 Å². The Hall–Kier alpha value is -2.44. The van der Waals surface area contributed by atoms with Crippen LogP contribution in [-0.4, -0.2) is 43.0 Å². The highest BCUT2D eigenvalue weighted by molar-refractivity contribution is 6.36. The second-order valence-electron chi connectivity index (χ2n) is 6.92. The van der Waals surface area contributed by atoms with Gasteiger partial charge < -0.3 is 19.7 Å². The Bertz CT molecular complexity index is 854. The van der Waals surface area contributed by atoms with Crippen LogP contribution in [0.2, 0.25) is 10.0 Å². The van der Waals surface area contributed by atoms with Crippen molar-refractivity contribution in [3.8, 4) is 11.5 Å². The molecule has 0 aliphatic carbocycles. The van der Waals surface area contributed by atoms with Crippen molar-refractivity contribution in [1.82, 2.24) is 10.2 Å². The van der Waals surface area contributed by atoms with Gasteiger partial charge in [0.15, 0.2) is 0 Å². The molecule has 8 heteroatoms. The van der Waals surface area contributed by atoms with Gasteiger partial charge in [0, 0.05) is 35.1 Å². The first-order valence-electron chi connectivity index (χ1n) is 10.1. The average molecular weight is 467 g/mol. The number of amides is 2. The second kappa shape index (κ2) is 12.4. The molecule has 2 rings (SSSR count). The van der Waals surface area contributed by atoms with Gasteiger partial charge in [-0.3, -0.25) is 9.59 Å². The van der Waals surface area contributed by atoms with Gasteiger partial charge >= 0.3 is 0 Å². The molecule has 0 heterocycles. The lowest BCUT2D eigenvalue weighted by molar-refractivity contribution is -0.140. The molecule has 0 saturated carbocycles. The van der Waals surface area contributed by atoms with Gasteiger partial charge in [-0.2, -0.15) is 0 Å². The molecule has 0 unspecified atom stereocenters. The van der Waals surface area contributed by atoms with Crippen LogP contribution >= 0.6 is 23.2 Å². The zero-order chi connectivity index (χ0) is 22.8. The molecule has 2 aromatic carbocycles. The first kappa shape index (κ1) is 24.8. The maximum Gasteiger partial charge on any atom is 0.242 e. The molecule has 1 N–H and O–H groups in total. The van der Waals surface area contributed by atoms with Gasteiger partial charge in [-0.25, -0.2) is 0 Å². The summed E-state index contributed by atoms with van der Waals surface area (Å²) in [5.41, 5.74) is 0.616. The van der Waals surface area contributed by atoms with Crippen LogP contribution in [0.1, 0.15) is 32.3 Å². The van der Waals surface area contributed by atoms with Crippen molar-refractivity contribution in [2.45, 2.75) is 39.3 Å². The number of nitrogens with zero attached hydrogens (tertiary/aromatic N) is 1. The number of likely N-dealkylation sites (N-methyl/N-ethyl adjacent to an activating group) is 1. The van der Waals surface area contributed by atoms with Crippen molar-refractivity contribution in [3.05, 3.63) is 58.1 Å². The molecule has 1 atom stereocenters. The van der Waals surface area contributed by atoms with Crippen LogP contribution in [0, 0.1) is 0 Å². The summed E-state index contributed by atoms with van der Waals surface area (Å²) in [6.07, 6.45) is 0.724. The van der Waals surface area contributed by atoms with Crippen molar-refractivity contribution in [2.75, 3.05) is 20.3 Å². The zero-order valence-electron chi connectivity index (χ0n) is 18.0. The molecule has 6 nitrogen and oxygen atoms in total. The van der Waals surface area contributed by atoms with Gasteiger partial charge in [0.2, 0.25) is 11.8 Å². The molecule has 0 aliphatic heterocycles. The average Bonchev–Trinajstić information content (AvgIpc) is 2.76.